The predicted molar refractivity (Wildman–Crippen MR) is 148 cm³/mol. The third-order valence-electron chi connectivity index (χ3n) is 7.95. The zero-order valence-corrected chi connectivity index (χ0v) is 23.2. The lowest BCUT2D eigenvalue weighted by Gasteiger charge is -2.34. The number of hydrogen-bond donors (Lipinski definition) is 2. The van der Waals surface area contributed by atoms with E-state index in [0.29, 0.717) is 62.3 Å². The Morgan fingerprint density at radius 3 is 1.30 bits per heavy atom. The molecule has 0 saturated carbocycles. The average Bonchev–Trinajstić information content (AvgIpc) is 3.44. The highest BCUT2D eigenvalue weighted by Gasteiger charge is 2.50. The van der Waals surface area contributed by atoms with E-state index in [9.17, 15) is 19.2 Å². The molecule has 0 radical (unpaired) electrons. The molecular formula is C30H38N4O6+2. The van der Waals surface area contributed by atoms with Crippen LogP contribution in [0.25, 0.3) is 0 Å². The fraction of sp³-hybridized carbons (Fsp3) is 0.467. The van der Waals surface area contributed by atoms with Gasteiger partial charge in [-0.25, -0.2) is 9.80 Å². The zero-order chi connectivity index (χ0) is 28.2. The van der Waals surface area contributed by atoms with Crippen molar-refractivity contribution in [2.45, 2.75) is 51.6 Å². The Kier molecular flexibility index (Phi) is 8.46. The van der Waals surface area contributed by atoms with Gasteiger partial charge in [-0.05, 0) is 61.4 Å². The molecule has 10 heteroatoms. The molecule has 0 aliphatic carbocycles. The number of nitrogens with zero attached hydrogens (tertiary/aromatic N) is 2. The van der Waals surface area contributed by atoms with Gasteiger partial charge in [-0.2, -0.15) is 0 Å². The summed E-state index contributed by atoms with van der Waals surface area (Å²) in [5, 5.41) is 0. The van der Waals surface area contributed by atoms with Crippen LogP contribution in [0.1, 0.15) is 39.5 Å². The number of carbonyl (C=O) groups is 4. The molecular weight excluding hydrogens is 512 g/mol. The van der Waals surface area contributed by atoms with Gasteiger partial charge in [-0.15, -0.1) is 0 Å². The number of ether oxygens (including phenoxy) is 2. The Hall–Kier alpha value is -3.76. The van der Waals surface area contributed by atoms with Crippen LogP contribution in [0.4, 0.5) is 11.4 Å². The van der Waals surface area contributed by atoms with Crippen molar-refractivity contribution in [3.05, 3.63) is 48.5 Å². The second kappa shape index (κ2) is 12.2. The molecule has 4 amide bonds. The minimum atomic E-state index is -0.434. The van der Waals surface area contributed by atoms with Crippen LogP contribution in [0.3, 0.4) is 0 Å². The summed E-state index contributed by atoms with van der Waals surface area (Å²) in [6.45, 7) is 7.89. The monoisotopic (exact) mass is 550 g/mol. The van der Waals surface area contributed by atoms with Gasteiger partial charge in [0.1, 0.15) is 37.7 Å². The average molecular weight is 551 g/mol. The van der Waals surface area contributed by atoms with Crippen molar-refractivity contribution in [1.29, 1.82) is 0 Å². The summed E-state index contributed by atoms with van der Waals surface area (Å²) in [6.07, 6.45) is 2.14. The molecule has 0 spiro atoms. The highest BCUT2D eigenvalue weighted by molar-refractivity contribution is 6.22. The smallest absolute Gasteiger partial charge is 0.292 e. The highest BCUT2D eigenvalue weighted by Crippen LogP contribution is 2.26. The molecule has 3 aliphatic heterocycles. The molecule has 3 heterocycles. The molecule has 0 unspecified atom stereocenters. The summed E-state index contributed by atoms with van der Waals surface area (Å²) >= 11 is 0. The number of amides is 4. The standard InChI is InChI=1S/C30H36N4O6/c1-3-17-39-23-9-5-21(6-10-23)33-27(35)19-25(29(33)37)31-13-15-32(16-14-31)26-20-28(36)34(30(26)38)22-7-11-24(12-8-22)40-18-4-2/h5-12,25-26H,3-4,13-20H2,1-2H3/p+2/t25-,26-/m0/s1. The van der Waals surface area contributed by atoms with Crippen molar-refractivity contribution in [1.82, 2.24) is 0 Å². The first-order valence-corrected chi connectivity index (χ1v) is 14.3. The number of anilines is 2. The minimum absolute atomic E-state index is 0.171. The minimum Gasteiger partial charge on any atom is -0.494 e. The molecule has 3 fully saturated rings. The van der Waals surface area contributed by atoms with Crippen molar-refractivity contribution in [3.63, 3.8) is 0 Å². The van der Waals surface area contributed by atoms with Gasteiger partial charge in [0.05, 0.1) is 37.4 Å². The first kappa shape index (κ1) is 27.8. The van der Waals surface area contributed by atoms with Crippen molar-refractivity contribution in [3.8, 4) is 11.5 Å². The van der Waals surface area contributed by atoms with Crippen LogP contribution in [0.5, 0.6) is 11.5 Å². The number of nitrogens with one attached hydrogen (secondary N) is 2. The first-order chi connectivity index (χ1) is 19.4. The van der Waals surface area contributed by atoms with Gasteiger partial charge in [-0.3, -0.25) is 19.2 Å². The van der Waals surface area contributed by atoms with Crippen LogP contribution in [-0.2, 0) is 19.2 Å². The van der Waals surface area contributed by atoms with E-state index in [1.807, 2.05) is 13.8 Å². The number of piperazine rings is 1. The fourth-order valence-corrected chi connectivity index (χ4v) is 5.86. The summed E-state index contributed by atoms with van der Waals surface area (Å²) in [5.41, 5.74) is 1.12. The maximum absolute atomic E-state index is 13.3. The van der Waals surface area contributed by atoms with Crippen molar-refractivity contribution >= 4 is 35.0 Å². The van der Waals surface area contributed by atoms with E-state index >= 15 is 0 Å². The normalized spacial score (nSPS) is 25.1. The molecule has 40 heavy (non-hydrogen) atoms. The SMILES string of the molecule is CCCOc1ccc(N2C(=O)C[C@H]([NH+]3CC[NH+]([C@H]4CC(=O)N(c5ccc(OCCC)cc5)C4=O)CC3)C2=O)cc1. The number of rotatable bonds is 10. The number of imide groups is 2. The van der Waals surface area contributed by atoms with Crippen molar-refractivity contribution < 1.29 is 38.5 Å². The van der Waals surface area contributed by atoms with E-state index in [0.717, 1.165) is 22.6 Å². The lowest BCUT2D eigenvalue weighted by Crippen LogP contribution is -3.31. The van der Waals surface area contributed by atoms with Crippen LogP contribution in [0, 0.1) is 0 Å². The third kappa shape index (κ3) is 5.59. The summed E-state index contributed by atoms with van der Waals surface area (Å²) in [6, 6.07) is 13.3. The van der Waals surface area contributed by atoms with Gasteiger partial charge in [-0.1, -0.05) is 13.8 Å². The van der Waals surface area contributed by atoms with Gasteiger partial charge < -0.3 is 19.3 Å². The molecule has 5 rings (SSSR count). The Morgan fingerprint density at radius 2 is 0.975 bits per heavy atom. The summed E-state index contributed by atoms with van der Waals surface area (Å²) in [7, 11) is 0. The molecule has 10 nitrogen and oxygen atoms in total. The van der Waals surface area contributed by atoms with Gasteiger partial charge in [0, 0.05) is 0 Å². The van der Waals surface area contributed by atoms with Gasteiger partial charge in [0.25, 0.3) is 11.8 Å². The number of carbonyl (C=O) groups excluding carboxylic acids is 4. The van der Waals surface area contributed by atoms with Crippen LogP contribution >= 0.6 is 0 Å². The second-order valence-corrected chi connectivity index (χ2v) is 10.6. The number of hydrogen-bond acceptors (Lipinski definition) is 6. The highest BCUT2D eigenvalue weighted by atomic mass is 16.5. The second-order valence-electron chi connectivity index (χ2n) is 10.6. The first-order valence-electron chi connectivity index (χ1n) is 14.3. The van der Waals surface area contributed by atoms with Crippen molar-refractivity contribution in [2.75, 3.05) is 49.2 Å². The zero-order valence-electron chi connectivity index (χ0n) is 23.2. The quantitative estimate of drug-likeness (QED) is 0.405. The van der Waals surface area contributed by atoms with Crippen molar-refractivity contribution in [2.24, 2.45) is 0 Å². The van der Waals surface area contributed by atoms with Crippen LogP contribution in [0.2, 0.25) is 0 Å². The molecule has 0 bridgehead atoms. The van der Waals surface area contributed by atoms with Crippen LogP contribution < -0.4 is 29.1 Å². The van der Waals surface area contributed by atoms with E-state index in [1.165, 1.54) is 9.80 Å². The van der Waals surface area contributed by atoms with E-state index in [4.69, 9.17) is 9.47 Å². The summed E-state index contributed by atoms with van der Waals surface area (Å²) in [4.78, 5) is 57.0. The Morgan fingerprint density at radius 1 is 0.625 bits per heavy atom. The van der Waals surface area contributed by atoms with Gasteiger partial charge >= 0.3 is 0 Å². The Balaban J connectivity index is 1.18. The molecule has 212 valence electrons. The lowest BCUT2D eigenvalue weighted by molar-refractivity contribution is -1.02. The lowest BCUT2D eigenvalue weighted by atomic mass is 10.1. The molecule has 2 aromatic carbocycles. The van der Waals surface area contributed by atoms with E-state index < -0.39 is 12.1 Å². The predicted octanol–water partition coefficient (Wildman–Crippen LogP) is 0.0116. The van der Waals surface area contributed by atoms with E-state index in [1.54, 1.807) is 48.5 Å². The topological polar surface area (TPSA) is 102 Å². The summed E-state index contributed by atoms with van der Waals surface area (Å²) < 4.78 is 11.2. The molecule has 3 aliphatic rings. The largest absolute Gasteiger partial charge is 0.494 e. The Bertz CT molecular complexity index is 1140. The van der Waals surface area contributed by atoms with Gasteiger partial charge in [0.15, 0.2) is 12.1 Å². The molecule has 2 atom stereocenters. The van der Waals surface area contributed by atoms with Crippen LogP contribution in [0.15, 0.2) is 48.5 Å². The third-order valence-corrected chi connectivity index (χ3v) is 7.95. The van der Waals surface area contributed by atoms with Gasteiger partial charge in [0.2, 0.25) is 11.8 Å². The maximum Gasteiger partial charge on any atom is 0.292 e. The molecule has 3 saturated heterocycles. The molecule has 0 aromatic heterocycles. The number of quaternary nitrogens is 2. The van der Waals surface area contributed by atoms with E-state index in [2.05, 4.69) is 0 Å². The summed E-state index contributed by atoms with van der Waals surface area (Å²) in [5.74, 6) is 0.659. The molecule has 2 aromatic rings. The molecule has 2 N–H and O–H groups in total. The van der Waals surface area contributed by atoms with Crippen LogP contribution in [-0.4, -0.2) is 75.1 Å². The number of benzene rings is 2. The van der Waals surface area contributed by atoms with E-state index in [-0.39, 0.29) is 36.5 Å². The maximum atomic E-state index is 13.3. The fourth-order valence-electron chi connectivity index (χ4n) is 5.86. The Labute approximate surface area is 234 Å².